The fourth-order valence-corrected chi connectivity index (χ4v) is 3.80. The molecule has 0 heterocycles. The molecular weight excluding hydrogens is 622 g/mol. The molecule has 0 spiro atoms. The van der Waals surface area contributed by atoms with Crippen molar-refractivity contribution >= 4 is 21.5 Å². The van der Waals surface area contributed by atoms with Gasteiger partial charge in [-0.1, -0.05) is 48.5 Å². The molecule has 9 heteroatoms. The second-order valence-corrected chi connectivity index (χ2v) is 8.36. The predicted molar refractivity (Wildman–Crippen MR) is 144 cm³/mol. The zero-order valence-electron chi connectivity index (χ0n) is 21.5. The van der Waals surface area contributed by atoms with Crippen molar-refractivity contribution in [3.8, 4) is 11.5 Å². The van der Waals surface area contributed by atoms with Gasteiger partial charge in [-0.15, -0.1) is 12.8 Å². The van der Waals surface area contributed by atoms with Gasteiger partial charge in [-0.05, 0) is 35.0 Å². The molecule has 4 aromatic rings. The van der Waals surface area contributed by atoms with Gasteiger partial charge >= 0.3 is 38.6 Å². The maximum Gasteiger partial charge on any atom is 2.00 e. The van der Waals surface area contributed by atoms with E-state index >= 15 is 0 Å². The third kappa shape index (κ3) is 9.78. The van der Waals surface area contributed by atoms with Crippen molar-refractivity contribution in [2.45, 2.75) is 25.2 Å². The number of phenols is 2. The second kappa shape index (κ2) is 15.4. The third-order valence-electron chi connectivity index (χ3n) is 5.55. The molecule has 0 bridgehead atoms. The average molecular weight is 646 g/mol. The largest absolute Gasteiger partial charge is 2.00 e. The summed E-state index contributed by atoms with van der Waals surface area (Å²) in [6.45, 7) is 0. The molecule has 0 saturated heterocycles. The van der Waals surface area contributed by atoms with Gasteiger partial charge in [-0.3, -0.25) is 12.2 Å². The Morgan fingerprint density at radius 2 is 0.878 bits per heavy atom. The first-order valence-corrected chi connectivity index (χ1v) is 12.0. The number of hydrogen-bond acceptors (Lipinski definition) is 2. The van der Waals surface area contributed by atoms with Gasteiger partial charge in [0, 0.05) is 10.8 Å². The Morgan fingerprint density at radius 1 is 0.537 bits per heavy atom. The normalized spacial score (nSPS) is 13.0. The monoisotopic (exact) mass is 644 g/mol. The van der Waals surface area contributed by atoms with E-state index in [-0.39, 0.29) is 48.5 Å². The Hall–Kier alpha value is -3.58. The van der Waals surface area contributed by atoms with Gasteiger partial charge in [0.2, 0.25) is 0 Å². The van der Waals surface area contributed by atoms with Crippen LogP contribution in [0.25, 0.3) is 21.5 Å². The summed E-state index contributed by atoms with van der Waals surface area (Å²) >= 11 is 0. The van der Waals surface area contributed by atoms with E-state index in [0.29, 0.717) is 10.8 Å². The van der Waals surface area contributed by atoms with Crippen molar-refractivity contribution in [1.29, 1.82) is 0 Å². The average Bonchev–Trinajstić information content (AvgIpc) is 3.68. The third-order valence-corrected chi connectivity index (χ3v) is 5.55. The number of aromatic hydroxyl groups is 2. The number of rotatable bonds is 0. The van der Waals surface area contributed by atoms with Crippen LogP contribution in [0, 0.1) is 12.2 Å². The summed E-state index contributed by atoms with van der Waals surface area (Å²) in [4.78, 5) is 0. The Labute approximate surface area is 252 Å². The molecule has 2 N–H and O–H groups in total. The Morgan fingerprint density at radius 3 is 1.12 bits per heavy atom. The van der Waals surface area contributed by atoms with Crippen LogP contribution in [0.1, 0.15) is 24.0 Å². The minimum absolute atomic E-state index is 0. The SMILES string of the molecule is Oc1cccc2cccc(C(F)(F)F)c12.Oc1cccc2cccc(C(F)(F)F)c12.[C-]1=CC=CC1.[C-]1=CC=CC1.[Zr+2]. The van der Waals surface area contributed by atoms with Crippen LogP contribution in [0.3, 0.4) is 0 Å². The molecule has 0 atom stereocenters. The van der Waals surface area contributed by atoms with Crippen LogP contribution in [0.5, 0.6) is 11.5 Å². The van der Waals surface area contributed by atoms with E-state index < -0.39 is 23.5 Å². The summed E-state index contributed by atoms with van der Waals surface area (Å²) in [6, 6.07) is 16.2. The van der Waals surface area contributed by atoms with E-state index in [1.165, 1.54) is 60.7 Å². The molecule has 41 heavy (non-hydrogen) atoms. The smallest absolute Gasteiger partial charge is 0.507 e. The van der Waals surface area contributed by atoms with Crippen LogP contribution < -0.4 is 0 Å². The molecule has 0 saturated carbocycles. The topological polar surface area (TPSA) is 40.5 Å². The summed E-state index contributed by atoms with van der Waals surface area (Å²) in [6.07, 6.45) is 11.1. The molecule has 2 aliphatic rings. The summed E-state index contributed by atoms with van der Waals surface area (Å²) in [5.74, 6) is -0.694. The van der Waals surface area contributed by atoms with Gasteiger partial charge in [0.1, 0.15) is 11.5 Å². The van der Waals surface area contributed by atoms with Crippen molar-refractivity contribution < 1.29 is 62.8 Å². The van der Waals surface area contributed by atoms with E-state index in [1.54, 1.807) is 0 Å². The van der Waals surface area contributed by atoms with Crippen LogP contribution in [-0.4, -0.2) is 10.2 Å². The molecule has 2 aliphatic carbocycles. The zero-order valence-corrected chi connectivity index (χ0v) is 23.9. The molecule has 210 valence electrons. The molecule has 6 rings (SSSR count). The fraction of sp³-hybridized carbons (Fsp3) is 0.125. The van der Waals surface area contributed by atoms with Gasteiger partial charge < -0.3 is 10.2 Å². The van der Waals surface area contributed by atoms with Crippen LogP contribution in [0.2, 0.25) is 0 Å². The van der Waals surface area contributed by atoms with E-state index in [0.717, 1.165) is 25.0 Å². The van der Waals surface area contributed by atoms with Crippen molar-refractivity contribution in [2.24, 2.45) is 0 Å². The van der Waals surface area contributed by atoms with Gasteiger partial charge in [-0.25, -0.2) is 24.3 Å². The first-order chi connectivity index (χ1) is 19.0. The van der Waals surface area contributed by atoms with E-state index in [2.05, 4.69) is 24.3 Å². The van der Waals surface area contributed by atoms with Gasteiger partial charge in [-0.2, -0.15) is 38.5 Å². The minimum Gasteiger partial charge on any atom is -0.507 e. The summed E-state index contributed by atoms with van der Waals surface area (Å²) in [5.41, 5.74) is -1.61. The maximum atomic E-state index is 12.6. The first kappa shape index (κ1) is 33.6. The number of fused-ring (bicyclic) bond motifs is 2. The molecule has 2 nitrogen and oxygen atoms in total. The zero-order chi connectivity index (χ0) is 29.2. The van der Waals surface area contributed by atoms with E-state index in [1.807, 2.05) is 24.3 Å². The number of alkyl halides is 6. The van der Waals surface area contributed by atoms with Crippen molar-refractivity contribution in [2.75, 3.05) is 0 Å². The Kier molecular flexibility index (Phi) is 12.7. The molecule has 0 fully saturated rings. The molecule has 0 radical (unpaired) electrons. The molecule has 0 aromatic heterocycles. The molecule has 0 amide bonds. The van der Waals surface area contributed by atoms with Crippen LogP contribution >= 0.6 is 0 Å². The second-order valence-electron chi connectivity index (χ2n) is 8.36. The molecule has 4 aromatic carbocycles. The Bertz CT molecular complexity index is 1400. The van der Waals surface area contributed by atoms with E-state index in [9.17, 15) is 36.6 Å². The first-order valence-electron chi connectivity index (χ1n) is 12.0. The summed E-state index contributed by atoms with van der Waals surface area (Å²) in [7, 11) is 0. The van der Waals surface area contributed by atoms with E-state index in [4.69, 9.17) is 0 Å². The van der Waals surface area contributed by atoms with Gasteiger partial charge in [0.25, 0.3) is 0 Å². The number of hydrogen-bond donors (Lipinski definition) is 2. The van der Waals surface area contributed by atoms with Crippen molar-refractivity contribution in [3.05, 3.63) is 133 Å². The van der Waals surface area contributed by atoms with Crippen LogP contribution in [0.15, 0.2) is 109 Å². The quantitative estimate of drug-likeness (QED) is 0.148. The summed E-state index contributed by atoms with van der Waals surface area (Å²) < 4.78 is 75.5. The summed E-state index contributed by atoms with van der Waals surface area (Å²) in [5, 5.41) is 19.3. The minimum atomic E-state index is -4.45. The van der Waals surface area contributed by atoms with Gasteiger partial charge in [0.05, 0.1) is 11.1 Å². The van der Waals surface area contributed by atoms with Gasteiger partial charge in [0.15, 0.2) is 0 Å². The number of phenolic OH excluding ortho intramolecular Hbond substituents is 2. The predicted octanol–water partition coefficient (Wildman–Crippen LogP) is 9.74. The molecule has 0 unspecified atom stereocenters. The van der Waals surface area contributed by atoms with Crippen molar-refractivity contribution in [3.63, 3.8) is 0 Å². The molecular formula is C32H24F6O2Zr. The number of allylic oxidation sites excluding steroid dienone is 8. The fourth-order valence-electron chi connectivity index (χ4n) is 3.80. The molecule has 0 aliphatic heterocycles. The van der Waals surface area contributed by atoms with Crippen LogP contribution in [0.4, 0.5) is 26.3 Å². The number of halogens is 6. The van der Waals surface area contributed by atoms with Crippen molar-refractivity contribution in [1.82, 2.24) is 0 Å². The number of benzene rings is 4. The standard InChI is InChI=1S/2C11H7F3O.2C5H5.Zr/c2*12-11(13,14)8-5-1-3-7-4-2-6-9(15)10(7)8;2*1-2-4-5-3-1;/h2*1-6,15H;2*1-3H,4H2;/q;;2*-1;+2. The maximum absolute atomic E-state index is 12.6. The Balaban J connectivity index is 0.000000211. The van der Waals surface area contributed by atoms with Crippen LogP contribution in [-0.2, 0) is 38.6 Å².